The van der Waals surface area contributed by atoms with Crippen LogP contribution in [0.15, 0.2) is 36.4 Å². The van der Waals surface area contributed by atoms with Gasteiger partial charge in [0, 0.05) is 30.8 Å². The highest BCUT2D eigenvalue weighted by Gasteiger charge is 2.33. The van der Waals surface area contributed by atoms with Crippen LogP contribution in [0.3, 0.4) is 0 Å². The summed E-state index contributed by atoms with van der Waals surface area (Å²) in [6.45, 7) is 2.94. The Bertz CT molecular complexity index is 865. The van der Waals surface area contributed by atoms with Crippen LogP contribution in [0.25, 0.3) is 10.8 Å². The number of carbonyl (C=O) groups excluding carboxylic acids is 2. The van der Waals surface area contributed by atoms with Gasteiger partial charge < -0.3 is 10.2 Å². The second kappa shape index (κ2) is 7.51. The van der Waals surface area contributed by atoms with Gasteiger partial charge in [0.15, 0.2) is 0 Å². The predicted molar refractivity (Wildman–Crippen MR) is 98.0 cm³/mol. The van der Waals surface area contributed by atoms with Crippen molar-refractivity contribution < 1.29 is 14.5 Å². The molecule has 1 atom stereocenters. The van der Waals surface area contributed by atoms with Gasteiger partial charge in [-0.3, -0.25) is 19.7 Å². The zero-order valence-corrected chi connectivity index (χ0v) is 14.6. The van der Waals surface area contributed by atoms with Gasteiger partial charge in [0.1, 0.15) is 6.04 Å². The van der Waals surface area contributed by atoms with Gasteiger partial charge in [0.25, 0.3) is 11.6 Å². The van der Waals surface area contributed by atoms with Crippen LogP contribution in [-0.4, -0.2) is 40.8 Å². The van der Waals surface area contributed by atoms with E-state index < -0.39 is 11.0 Å². The van der Waals surface area contributed by atoms with Crippen molar-refractivity contribution in [1.29, 1.82) is 0 Å². The molecule has 1 aliphatic rings. The third kappa shape index (κ3) is 3.37. The van der Waals surface area contributed by atoms with E-state index in [2.05, 4.69) is 5.32 Å². The summed E-state index contributed by atoms with van der Waals surface area (Å²) in [5.74, 6) is -0.325. The number of nitrogens with one attached hydrogen (secondary N) is 1. The minimum absolute atomic E-state index is 0.0136. The number of benzene rings is 2. The molecule has 2 aromatic carbocycles. The number of piperazine rings is 1. The summed E-state index contributed by atoms with van der Waals surface area (Å²) in [7, 11) is 0. The summed E-state index contributed by atoms with van der Waals surface area (Å²) < 4.78 is 0. The third-order valence-corrected chi connectivity index (χ3v) is 4.73. The molecule has 2 amide bonds. The molecule has 26 heavy (non-hydrogen) atoms. The lowest BCUT2D eigenvalue weighted by Crippen LogP contribution is -2.57. The van der Waals surface area contributed by atoms with Crippen molar-refractivity contribution in [2.24, 2.45) is 0 Å². The number of rotatable bonds is 5. The Balaban J connectivity index is 1.97. The Labute approximate surface area is 151 Å². The number of fused-ring (bicyclic) bond motifs is 1. The molecule has 1 heterocycles. The molecule has 0 spiro atoms. The van der Waals surface area contributed by atoms with Gasteiger partial charge in [0.05, 0.1) is 4.92 Å². The minimum atomic E-state index is -0.468. The van der Waals surface area contributed by atoms with E-state index in [-0.39, 0.29) is 17.5 Å². The lowest BCUT2D eigenvalue weighted by atomic mass is 10.00. The molecule has 0 aromatic heterocycles. The monoisotopic (exact) mass is 355 g/mol. The van der Waals surface area contributed by atoms with Gasteiger partial charge in [-0.25, -0.2) is 0 Å². The summed E-state index contributed by atoms with van der Waals surface area (Å²) in [6.07, 6.45) is 2.44. The van der Waals surface area contributed by atoms with Gasteiger partial charge >= 0.3 is 0 Å². The van der Waals surface area contributed by atoms with Crippen LogP contribution in [0.1, 0.15) is 36.5 Å². The highest BCUT2D eigenvalue weighted by molar-refractivity contribution is 6.08. The molecule has 0 radical (unpaired) electrons. The van der Waals surface area contributed by atoms with Crippen LogP contribution >= 0.6 is 0 Å². The average Bonchev–Trinajstić information content (AvgIpc) is 2.65. The van der Waals surface area contributed by atoms with Crippen molar-refractivity contribution in [2.45, 2.75) is 32.2 Å². The predicted octanol–water partition coefficient (Wildman–Crippen LogP) is 2.88. The molecule has 136 valence electrons. The largest absolute Gasteiger partial charge is 0.353 e. The molecule has 0 aliphatic carbocycles. The number of unbranched alkanes of at least 4 members (excludes halogenated alkanes) is 1. The maximum absolute atomic E-state index is 13.2. The van der Waals surface area contributed by atoms with Gasteiger partial charge in [-0.15, -0.1) is 0 Å². The van der Waals surface area contributed by atoms with Gasteiger partial charge in [-0.1, -0.05) is 31.9 Å². The number of nitro groups is 1. The van der Waals surface area contributed by atoms with E-state index in [0.29, 0.717) is 35.8 Å². The quantitative estimate of drug-likeness (QED) is 0.659. The molecule has 0 unspecified atom stereocenters. The van der Waals surface area contributed by atoms with Crippen molar-refractivity contribution >= 4 is 28.3 Å². The molecule has 1 aliphatic heterocycles. The van der Waals surface area contributed by atoms with Crippen LogP contribution in [-0.2, 0) is 4.79 Å². The molecule has 1 saturated heterocycles. The first-order valence-corrected chi connectivity index (χ1v) is 8.78. The SMILES string of the molecule is CCCC[C@H]1C(=O)NCCN1C(=O)c1cccc2cc([N+](=O)[O-])ccc12. The first-order chi connectivity index (χ1) is 12.5. The average molecular weight is 355 g/mol. The standard InChI is InChI=1S/C19H21N3O4/c1-2-3-7-17-18(23)20-10-11-21(17)19(24)16-6-4-5-13-12-14(22(25)26)8-9-15(13)16/h4-6,8-9,12,17H,2-3,7,10-11H2,1H3,(H,20,23)/t17-/m0/s1. The Kier molecular flexibility index (Phi) is 5.16. The van der Waals surface area contributed by atoms with Crippen LogP contribution in [0.4, 0.5) is 5.69 Å². The third-order valence-electron chi connectivity index (χ3n) is 4.73. The highest BCUT2D eigenvalue weighted by atomic mass is 16.6. The van der Waals surface area contributed by atoms with E-state index in [1.165, 1.54) is 12.1 Å². The zero-order chi connectivity index (χ0) is 18.7. The maximum atomic E-state index is 13.2. The summed E-state index contributed by atoms with van der Waals surface area (Å²) in [4.78, 5) is 37.6. The molecular weight excluding hydrogens is 334 g/mol. The Morgan fingerprint density at radius 3 is 2.88 bits per heavy atom. The van der Waals surface area contributed by atoms with E-state index in [4.69, 9.17) is 0 Å². The van der Waals surface area contributed by atoms with E-state index in [1.807, 2.05) is 6.92 Å². The highest BCUT2D eigenvalue weighted by Crippen LogP contribution is 2.26. The first-order valence-electron chi connectivity index (χ1n) is 8.78. The molecule has 1 fully saturated rings. The fraction of sp³-hybridized carbons (Fsp3) is 0.368. The summed E-state index contributed by atoms with van der Waals surface area (Å²) in [5, 5.41) is 15.1. The molecule has 2 aromatic rings. The number of hydrogen-bond donors (Lipinski definition) is 1. The van der Waals surface area contributed by atoms with Crippen molar-refractivity contribution in [3.8, 4) is 0 Å². The fourth-order valence-corrected chi connectivity index (χ4v) is 3.37. The zero-order valence-electron chi connectivity index (χ0n) is 14.6. The van der Waals surface area contributed by atoms with Crippen LogP contribution in [0.2, 0.25) is 0 Å². The van der Waals surface area contributed by atoms with E-state index in [9.17, 15) is 19.7 Å². The van der Waals surface area contributed by atoms with E-state index in [0.717, 1.165) is 12.8 Å². The molecule has 7 heteroatoms. The van der Waals surface area contributed by atoms with E-state index >= 15 is 0 Å². The number of non-ortho nitro benzene ring substituents is 1. The Hall–Kier alpha value is -2.96. The number of amides is 2. The molecule has 0 bridgehead atoms. The van der Waals surface area contributed by atoms with Crippen LogP contribution < -0.4 is 5.32 Å². The van der Waals surface area contributed by atoms with Gasteiger partial charge in [-0.05, 0) is 29.3 Å². The summed E-state index contributed by atoms with van der Waals surface area (Å²) >= 11 is 0. The topological polar surface area (TPSA) is 92.6 Å². The fourth-order valence-electron chi connectivity index (χ4n) is 3.37. The molecule has 3 rings (SSSR count). The second-order valence-electron chi connectivity index (χ2n) is 6.42. The Morgan fingerprint density at radius 1 is 1.35 bits per heavy atom. The van der Waals surface area contributed by atoms with Gasteiger partial charge in [-0.2, -0.15) is 0 Å². The van der Waals surface area contributed by atoms with Crippen LogP contribution in [0, 0.1) is 10.1 Å². The number of hydrogen-bond acceptors (Lipinski definition) is 4. The number of nitrogens with zero attached hydrogens (tertiary/aromatic N) is 2. The minimum Gasteiger partial charge on any atom is -0.353 e. The summed E-state index contributed by atoms with van der Waals surface area (Å²) in [6, 6.07) is 9.16. The number of carbonyl (C=O) groups is 2. The smallest absolute Gasteiger partial charge is 0.270 e. The van der Waals surface area contributed by atoms with Crippen molar-refractivity contribution in [3.63, 3.8) is 0 Å². The second-order valence-corrected chi connectivity index (χ2v) is 6.42. The van der Waals surface area contributed by atoms with Crippen molar-refractivity contribution in [2.75, 3.05) is 13.1 Å². The molecule has 1 N–H and O–H groups in total. The summed E-state index contributed by atoms with van der Waals surface area (Å²) in [5.41, 5.74) is 0.453. The number of nitro benzene ring substituents is 1. The van der Waals surface area contributed by atoms with Crippen molar-refractivity contribution in [3.05, 3.63) is 52.1 Å². The molecular formula is C19H21N3O4. The molecule has 7 nitrogen and oxygen atoms in total. The van der Waals surface area contributed by atoms with Crippen LogP contribution in [0.5, 0.6) is 0 Å². The van der Waals surface area contributed by atoms with Crippen molar-refractivity contribution in [1.82, 2.24) is 10.2 Å². The van der Waals surface area contributed by atoms with E-state index in [1.54, 1.807) is 29.2 Å². The lowest BCUT2D eigenvalue weighted by Gasteiger charge is -2.35. The normalized spacial score (nSPS) is 17.2. The molecule has 0 saturated carbocycles. The maximum Gasteiger partial charge on any atom is 0.270 e. The Morgan fingerprint density at radius 2 is 2.15 bits per heavy atom. The first kappa shape index (κ1) is 17.8. The lowest BCUT2D eigenvalue weighted by molar-refractivity contribution is -0.384. The van der Waals surface area contributed by atoms with Gasteiger partial charge in [0.2, 0.25) is 5.91 Å².